The number of carbonyl (C=O) groups excluding carboxylic acids is 1. The maximum absolute atomic E-state index is 12.7. The average Bonchev–Trinajstić information content (AvgIpc) is 3.31. The predicted molar refractivity (Wildman–Crippen MR) is 110 cm³/mol. The van der Waals surface area contributed by atoms with Gasteiger partial charge in [-0.1, -0.05) is 11.6 Å². The summed E-state index contributed by atoms with van der Waals surface area (Å²) in [7, 11) is 0. The molecule has 6 nitrogen and oxygen atoms in total. The molecule has 1 aromatic carbocycles. The lowest BCUT2D eigenvalue weighted by atomic mass is 10.1. The monoisotopic (exact) mass is 466 g/mol. The Hall–Kier alpha value is -3.20. The van der Waals surface area contributed by atoms with Crippen LogP contribution in [-0.2, 0) is 6.18 Å². The zero-order chi connectivity index (χ0) is 22.7. The molecule has 2 aromatic heterocycles. The molecule has 0 N–H and O–H groups in total. The number of hydrogen-bond donors (Lipinski definition) is 0. The molecule has 1 aliphatic rings. The number of esters is 1. The van der Waals surface area contributed by atoms with Gasteiger partial charge in [-0.15, -0.1) is 0 Å². The zero-order valence-corrected chi connectivity index (χ0v) is 17.4. The van der Waals surface area contributed by atoms with Crippen LogP contribution < -0.4 is 14.4 Å². The largest absolute Gasteiger partial charge is 0.474 e. The van der Waals surface area contributed by atoms with Crippen LogP contribution in [0, 0.1) is 0 Å². The number of nitrogens with zero attached hydrogens (tertiary/aromatic N) is 2. The van der Waals surface area contributed by atoms with Crippen molar-refractivity contribution in [2.45, 2.75) is 25.1 Å². The molecule has 0 spiro atoms. The molecule has 0 unspecified atom stereocenters. The highest BCUT2D eigenvalue weighted by atomic mass is 35.5. The number of benzene rings is 1. The van der Waals surface area contributed by atoms with E-state index >= 15 is 0 Å². The van der Waals surface area contributed by atoms with Crippen LogP contribution in [0.2, 0.25) is 5.02 Å². The Balaban J connectivity index is 1.36. The highest BCUT2D eigenvalue weighted by molar-refractivity contribution is 6.33. The molecule has 0 bridgehead atoms. The second-order valence-corrected chi connectivity index (χ2v) is 7.57. The summed E-state index contributed by atoms with van der Waals surface area (Å²) in [6.07, 6.45) is -1.23. The Kier molecular flexibility index (Phi) is 6.27. The predicted octanol–water partition coefficient (Wildman–Crippen LogP) is 5.61. The molecule has 1 fully saturated rings. The molecule has 10 heteroatoms. The Morgan fingerprint density at radius 2 is 1.94 bits per heavy atom. The molecule has 168 valence electrons. The first-order valence-electron chi connectivity index (χ1n) is 9.80. The van der Waals surface area contributed by atoms with Crippen molar-refractivity contribution >= 4 is 23.3 Å². The van der Waals surface area contributed by atoms with Crippen LogP contribution in [0.4, 0.5) is 18.9 Å². The van der Waals surface area contributed by atoms with Crippen molar-refractivity contribution in [3.63, 3.8) is 0 Å². The van der Waals surface area contributed by atoms with Crippen molar-refractivity contribution in [3.05, 3.63) is 71.3 Å². The van der Waals surface area contributed by atoms with Crippen LogP contribution in [0.25, 0.3) is 0 Å². The van der Waals surface area contributed by atoms with Crippen molar-refractivity contribution in [2.24, 2.45) is 0 Å². The van der Waals surface area contributed by atoms with Gasteiger partial charge in [0.15, 0.2) is 0 Å². The number of hydrogen-bond acceptors (Lipinski definition) is 6. The zero-order valence-electron chi connectivity index (χ0n) is 16.6. The first-order valence-corrected chi connectivity index (χ1v) is 10.2. The molecular weight excluding hydrogens is 449 g/mol. The second kappa shape index (κ2) is 9.12. The number of ether oxygens (including phenoxy) is 2. The second-order valence-electron chi connectivity index (χ2n) is 7.17. The van der Waals surface area contributed by atoms with Crippen LogP contribution >= 0.6 is 11.6 Å². The molecule has 0 saturated carbocycles. The van der Waals surface area contributed by atoms with Gasteiger partial charge in [0, 0.05) is 44.3 Å². The third-order valence-electron chi connectivity index (χ3n) is 4.98. The number of alkyl halides is 3. The molecule has 1 saturated heterocycles. The van der Waals surface area contributed by atoms with E-state index in [1.807, 2.05) is 4.90 Å². The van der Waals surface area contributed by atoms with Gasteiger partial charge in [-0.25, -0.2) is 9.78 Å². The van der Waals surface area contributed by atoms with Crippen molar-refractivity contribution < 1.29 is 31.9 Å². The molecule has 0 amide bonds. The molecule has 0 aliphatic carbocycles. The summed E-state index contributed by atoms with van der Waals surface area (Å²) in [6, 6.07) is 10.2. The molecule has 1 aliphatic heterocycles. The number of piperidine rings is 1. The number of carbonyl (C=O) groups is 1. The highest BCUT2D eigenvalue weighted by Crippen LogP contribution is 2.33. The van der Waals surface area contributed by atoms with Crippen molar-refractivity contribution in [1.29, 1.82) is 0 Å². The lowest BCUT2D eigenvalue weighted by Crippen LogP contribution is -2.38. The first-order chi connectivity index (χ1) is 15.3. The van der Waals surface area contributed by atoms with Gasteiger partial charge in [0.2, 0.25) is 11.6 Å². The normalized spacial score (nSPS) is 14.9. The minimum Gasteiger partial charge on any atom is -0.474 e. The first kappa shape index (κ1) is 22.0. The third-order valence-corrected chi connectivity index (χ3v) is 5.30. The highest BCUT2D eigenvalue weighted by Gasteiger charge is 2.31. The van der Waals surface area contributed by atoms with Gasteiger partial charge >= 0.3 is 12.1 Å². The van der Waals surface area contributed by atoms with Gasteiger partial charge in [0.05, 0.1) is 22.5 Å². The van der Waals surface area contributed by atoms with Crippen LogP contribution in [0.3, 0.4) is 0 Å². The molecule has 3 heterocycles. The van der Waals surface area contributed by atoms with E-state index in [4.69, 9.17) is 25.5 Å². The number of aromatic nitrogens is 1. The molecule has 0 atom stereocenters. The Morgan fingerprint density at radius 1 is 1.16 bits per heavy atom. The van der Waals surface area contributed by atoms with Crippen LogP contribution in [0.5, 0.6) is 11.6 Å². The summed E-state index contributed by atoms with van der Waals surface area (Å²) >= 11 is 6.35. The van der Waals surface area contributed by atoms with Crippen LogP contribution in [-0.4, -0.2) is 30.1 Å². The Bertz CT molecular complexity index is 1060. The molecule has 32 heavy (non-hydrogen) atoms. The van der Waals surface area contributed by atoms with Gasteiger partial charge in [-0.3, -0.25) is 0 Å². The number of halogens is 4. The SMILES string of the molecule is O=C(Oc1ccc(Cl)c(N2CCC(Oc3ccc(C(F)(F)F)cn3)CC2)c1)c1ccco1. The fourth-order valence-corrected chi connectivity index (χ4v) is 3.59. The minimum atomic E-state index is -4.43. The van der Waals surface area contributed by atoms with E-state index in [0.29, 0.717) is 42.4 Å². The third kappa shape index (κ3) is 5.16. The number of anilines is 1. The minimum absolute atomic E-state index is 0.0938. The molecule has 3 aromatic rings. The Labute approximate surface area is 186 Å². The van der Waals surface area contributed by atoms with E-state index in [-0.39, 0.29) is 17.7 Å². The van der Waals surface area contributed by atoms with E-state index in [1.165, 1.54) is 18.4 Å². The van der Waals surface area contributed by atoms with E-state index < -0.39 is 17.7 Å². The summed E-state index contributed by atoms with van der Waals surface area (Å²) in [5.74, 6) is -0.0322. The smallest absolute Gasteiger partial charge is 0.417 e. The fourth-order valence-electron chi connectivity index (χ4n) is 3.35. The maximum Gasteiger partial charge on any atom is 0.417 e. The van der Waals surface area contributed by atoms with Crippen LogP contribution in [0.15, 0.2) is 59.3 Å². The quantitative estimate of drug-likeness (QED) is 0.359. The topological polar surface area (TPSA) is 64.8 Å². The van der Waals surface area contributed by atoms with Crippen molar-refractivity contribution in [2.75, 3.05) is 18.0 Å². The van der Waals surface area contributed by atoms with Crippen molar-refractivity contribution in [1.82, 2.24) is 4.98 Å². The van der Waals surface area contributed by atoms with E-state index in [1.54, 1.807) is 24.3 Å². The van der Waals surface area contributed by atoms with Gasteiger partial charge in [-0.2, -0.15) is 13.2 Å². The van der Waals surface area contributed by atoms with Gasteiger partial charge in [0.25, 0.3) is 0 Å². The van der Waals surface area contributed by atoms with Gasteiger partial charge in [-0.05, 0) is 30.3 Å². The van der Waals surface area contributed by atoms with Crippen LogP contribution in [0.1, 0.15) is 29.0 Å². The average molecular weight is 467 g/mol. The fraction of sp³-hybridized carbons (Fsp3) is 0.273. The molecular formula is C22H18ClF3N2O4. The Morgan fingerprint density at radius 3 is 2.56 bits per heavy atom. The standard InChI is InChI=1S/C22H18ClF3N2O4/c23-17-5-4-16(32-21(29)19-2-1-11-30-19)12-18(17)28-9-7-15(8-10-28)31-20-6-3-14(13-27-20)22(24,25)26/h1-6,11-13,15H,7-10H2. The lowest BCUT2D eigenvalue weighted by Gasteiger charge is -2.34. The van der Waals surface area contributed by atoms with E-state index in [9.17, 15) is 18.0 Å². The lowest BCUT2D eigenvalue weighted by molar-refractivity contribution is -0.137. The molecule has 4 rings (SSSR count). The van der Waals surface area contributed by atoms with E-state index in [2.05, 4.69) is 4.98 Å². The summed E-state index contributed by atoms with van der Waals surface area (Å²) in [5.41, 5.74) is -0.107. The summed E-state index contributed by atoms with van der Waals surface area (Å²) < 4.78 is 54.1. The van der Waals surface area contributed by atoms with Gasteiger partial charge in [0.1, 0.15) is 11.9 Å². The maximum atomic E-state index is 12.7. The summed E-state index contributed by atoms with van der Waals surface area (Å²) in [4.78, 5) is 17.9. The number of furan rings is 1. The molecule has 0 radical (unpaired) electrons. The number of rotatable bonds is 5. The van der Waals surface area contributed by atoms with Crippen molar-refractivity contribution in [3.8, 4) is 11.6 Å². The number of pyridine rings is 1. The van der Waals surface area contributed by atoms with Gasteiger partial charge < -0.3 is 18.8 Å². The summed E-state index contributed by atoms with van der Waals surface area (Å²) in [6.45, 7) is 1.20. The summed E-state index contributed by atoms with van der Waals surface area (Å²) in [5, 5.41) is 0.506. The van der Waals surface area contributed by atoms with E-state index in [0.717, 1.165) is 12.3 Å².